The third-order valence-corrected chi connectivity index (χ3v) is 2.82. The fraction of sp³-hybridized carbons (Fsp3) is 0.357. The molecule has 0 N–H and O–H groups in total. The molecule has 0 spiro atoms. The van der Waals surface area contributed by atoms with E-state index in [9.17, 15) is 9.59 Å². The number of ether oxygens (including phenoxy) is 2. The molecule has 6 heteroatoms. The number of nitrogens with zero attached hydrogens (tertiary/aromatic N) is 2. The van der Waals surface area contributed by atoms with Crippen molar-refractivity contribution < 1.29 is 19.1 Å². The Labute approximate surface area is 117 Å². The van der Waals surface area contributed by atoms with Crippen molar-refractivity contribution in [2.24, 2.45) is 5.10 Å². The lowest BCUT2D eigenvalue weighted by atomic mass is 10.1. The number of hydrazone groups is 1. The van der Waals surface area contributed by atoms with Gasteiger partial charge in [0.25, 0.3) is 0 Å². The molecule has 1 amide bonds. The Morgan fingerprint density at radius 3 is 2.95 bits per heavy atom. The molecule has 20 heavy (non-hydrogen) atoms. The lowest BCUT2D eigenvalue weighted by Gasteiger charge is -2.15. The molecule has 106 valence electrons. The van der Waals surface area contributed by atoms with Crippen molar-refractivity contribution in [2.75, 3.05) is 13.2 Å². The second-order valence-corrected chi connectivity index (χ2v) is 4.26. The molecule has 2 rings (SSSR count). The number of carbonyl (C=O) groups is 2. The van der Waals surface area contributed by atoms with Gasteiger partial charge in [-0.05, 0) is 18.9 Å². The summed E-state index contributed by atoms with van der Waals surface area (Å²) in [7, 11) is 0. The molecule has 1 fully saturated rings. The van der Waals surface area contributed by atoms with Gasteiger partial charge >= 0.3 is 12.1 Å². The van der Waals surface area contributed by atoms with Crippen LogP contribution in [-0.2, 0) is 20.7 Å². The van der Waals surface area contributed by atoms with Gasteiger partial charge in [0, 0.05) is 0 Å². The highest BCUT2D eigenvalue weighted by molar-refractivity contribution is 6.23. The summed E-state index contributed by atoms with van der Waals surface area (Å²) >= 11 is 0. The summed E-state index contributed by atoms with van der Waals surface area (Å²) < 4.78 is 9.69. The Bertz CT molecular complexity index is 501. The summed E-state index contributed by atoms with van der Waals surface area (Å²) in [5.41, 5.74) is 1.08. The molecule has 0 bridgehead atoms. The highest BCUT2D eigenvalue weighted by atomic mass is 16.6. The number of rotatable bonds is 5. The minimum Gasteiger partial charge on any atom is -0.462 e. The zero-order chi connectivity index (χ0) is 14.4. The highest BCUT2D eigenvalue weighted by Gasteiger charge is 2.33. The van der Waals surface area contributed by atoms with Crippen LogP contribution >= 0.6 is 0 Å². The van der Waals surface area contributed by atoms with Gasteiger partial charge in [-0.25, -0.2) is 9.59 Å². The summed E-state index contributed by atoms with van der Waals surface area (Å²) in [6, 6.07) is 9.51. The highest BCUT2D eigenvalue weighted by Crippen LogP contribution is 2.17. The largest absolute Gasteiger partial charge is 0.462 e. The molecular formula is C14H16N2O4. The maximum absolute atomic E-state index is 11.6. The van der Waals surface area contributed by atoms with Gasteiger partial charge in [-0.3, -0.25) is 0 Å². The van der Waals surface area contributed by atoms with Gasteiger partial charge in [0.2, 0.25) is 0 Å². The Balaban J connectivity index is 2.01. The lowest BCUT2D eigenvalue weighted by Crippen LogP contribution is -2.31. The molecule has 1 heterocycles. The fourth-order valence-electron chi connectivity index (χ4n) is 1.92. The maximum atomic E-state index is 11.6. The number of esters is 1. The molecule has 0 aromatic heterocycles. The van der Waals surface area contributed by atoms with Gasteiger partial charge in [0.15, 0.2) is 0 Å². The van der Waals surface area contributed by atoms with E-state index in [1.54, 1.807) is 6.92 Å². The molecule has 1 atom stereocenters. The quantitative estimate of drug-likeness (QED) is 0.605. The predicted molar refractivity (Wildman–Crippen MR) is 72.2 cm³/mol. The van der Waals surface area contributed by atoms with E-state index in [1.807, 2.05) is 30.3 Å². The predicted octanol–water partition coefficient (Wildman–Crippen LogP) is 1.60. The van der Waals surface area contributed by atoms with E-state index in [2.05, 4.69) is 5.10 Å². The van der Waals surface area contributed by atoms with Crippen molar-refractivity contribution in [3.63, 3.8) is 0 Å². The molecule has 0 radical (unpaired) electrons. The fourth-order valence-corrected chi connectivity index (χ4v) is 1.92. The molecule has 0 saturated carbocycles. The van der Waals surface area contributed by atoms with Crippen molar-refractivity contribution in [2.45, 2.75) is 19.4 Å². The smallest absolute Gasteiger partial charge is 0.430 e. The molecule has 6 nitrogen and oxygen atoms in total. The number of benzene rings is 1. The van der Waals surface area contributed by atoms with Crippen LogP contribution in [0.25, 0.3) is 0 Å². The molecular weight excluding hydrogens is 260 g/mol. The Hall–Kier alpha value is -2.37. The average molecular weight is 276 g/mol. The summed E-state index contributed by atoms with van der Waals surface area (Å²) in [4.78, 5) is 22.8. The molecule has 1 aromatic rings. The van der Waals surface area contributed by atoms with E-state index in [-0.39, 0.29) is 19.3 Å². The van der Waals surface area contributed by atoms with Gasteiger partial charge in [-0.1, -0.05) is 30.3 Å². The number of hydrogen-bond acceptors (Lipinski definition) is 5. The van der Waals surface area contributed by atoms with Crippen molar-refractivity contribution in [1.82, 2.24) is 5.01 Å². The van der Waals surface area contributed by atoms with Crippen LogP contribution in [0.3, 0.4) is 0 Å². The third kappa shape index (κ3) is 3.57. The van der Waals surface area contributed by atoms with Crippen LogP contribution < -0.4 is 0 Å². The van der Waals surface area contributed by atoms with Crippen LogP contribution in [0.1, 0.15) is 12.5 Å². The normalized spacial score (nSPS) is 18.4. The maximum Gasteiger partial charge on any atom is 0.430 e. The zero-order valence-electron chi connectivity index (χ0n) is 11.2. The van der Waals surface area contributed by atoms with E-state index in [4.69, 9.17) is 9.47 Å². The minimum absolute atomic E-state index is 0.212. The van der Waals surface area contributed by atoms with Crippen LogP contribution in [0.5, 0.6) is 0 Å². The average Bonchev–Trinajstić information content (AvgIpc) is 2.79. The molecule has 0 unspecified atom stereocenters. The van der Waals surface area contributed by atoms with Crippen LogP contribution in [0, 0.1) is 0 Å². The minimum atomic E-state index is -0.578. The van der Waals surface area contributed by atoms with E-state index in [0.29, 0.717) is 6.42 Å². The van der Waals surface area contributed by atoms with E-state index in [1.165, 1.54) is 5.01 Å². The van der Waals surface area contributed by atoms with Gasteiger partial charge in [-0.2, -0.15) is 10.1 Å². The number of amides is 1. The SMILES string of the molecule is CCOC(=O)/C=N/N1C(=O)OC[C@@H]1Cc1ccccc1. The first-order valence-corrected chi connectivity index (χ1v) is 6.41. The summed E-state index contributed by atoms with van der Waals surface area (Å²) in [5, 5.41) is 5.04. The summed E-state index contributed by atoms with van der Waals surface area (Å²) in [5.74, 6) is -0.578. The number of hydrogen-bond donors (Lipinski definition) is 0. The van der Waals surface area contributed by atoms with Crippen LogP contribution in [0.15, 0.2) is 35.4 Å². The second kappa shape index (κ2) is 6.70. The van der Waals surface area contributed by atoms with Crippen molar-refractivity contribution in [1.29, 1.82) is 0 Å². The number of cyclic esters (lactones) is 1. The molecule has 1 aromatic carbocycles. The summed E-state index contributed by atoms with van der Waals surface area (Å²) in [6.07, 6.45) is 1.06. The van der Waals surface area contributed by atoms with Crippen molar-refractivity contribution >= 4 is 18.3 Å². The van der Waals surface area contributed by atoms with Gasteiger partial charge in [-0.15, -0.1) is 0 Å². The third-order valence-electron chi connectivity index (χ3n) is 2.82. The van der Waals surface area contributed by atoms with Crippen molar-refractivity contribution in [3.05, 3.63) is 35.9 Å². The topological polar surface area (TPSA) is 68.2 Å². The Morgan fingerprint density at radius 1 is 1.50 bits per heavy atom. The molecule has 0 aliphatic carbocycles. The standard InChI is InChI=1S/C14H16N2O4/c1-2-19-13(17)9-15-16-12(10-20-14(16)18)8-11-6-4-3-5-7-11/h3-7,9,12H,2,8,10H2,1H3/b15-9+/t12-/m0/s1. The van der Waals surface area contributed by atoms with E-state index < -0.39 is 12.1 Å². The molecule has 1 saturated heterocycles. The van der Waals surface area contributed by atoms with E-state index >= 15 is 0 Å². The zero-order valence-corrected chi connectivity index (χ0v) is 11.2. The first-order chi connectivity index (χ1) is 9.70. The van der Waals surface area contributed by atoms with Gasteiger partial charge in [0.1, 0.15) is 12.8 Å². The van der Waals surface area contributed by atoms with Crippen LogP contribution in [0.2, 0.25) is 0 Å². The summed E-state index contributed by atoms with van der Waals surface area (Å²) in [6.45, 7) is 2.23. The van der Waals surface area contributed by atoms with Crippen molar-refractivity contribution in [3.8, 4) is 0 Å². The van der Waals surface area contributed by atoms with Crippen LogP contribution in [-0.4, -0.2) is 42.5 Å². The molecule has 1 aliphatic rings. The second-order valence-electron chi connectivity index (χ2n) is 4.26. The number of carbonyl (C=O) groups excluding carboxylic acids is 2. The first-order valence-electron chi connectivity index (χ1n) is 6.41. The van der Waals surface area contributed by atoms with Gasteiger partial charge in [0.05, 0.1) is 12.6 Å². The van der Waals surface area contributed by atoms with Crippen LogP contribution in [0.4, 0.5) is 4.79 Å². The monoisotopic (exact) mass is 276 g/mol. The molecule has 1 aliphatic heterocycles. The Kier molecular flexibility index (Phi) is 4.70. The lowest BCUT2D eigenvalue weighted by molar-refractivity contribution is -0.134. The van der Waals surface area contributed by atoms with Gasteiger partial charge < -0.3 is 9.47 Å². The van der Waals surface area contributed by atoms with E-state index in [0.717, 1.165) is 11.8 Å². The Morgan fingerprint density at radius 2 is 2.25 bits per heavy atom. The first kappa shape index (κ1) is 14.0.